The predicted molar refractivity (Wildman–Crippen MR) is 106 cm³/mol. The minimum Gasteiger partial charge on any atom is -0.303 e. The van der Waals surface area contributed by atoms with Gasteiger partial charge >= 0.3 is 0 Å². The van der Waals surface area contributed by atoms with Crippen molar-refractivity contribution < 1.29 is 9.59 Å². The maximum atomic E-state index is 12.7. The fraction of sp³-hybridized carbons (Fsp3) is 0.478. The second kappa shape index (κ2) is 6.74. The first-order valence-corrected chi connectivity index (χ1v) is 9.07. The van der Waals surface area contributed by atoms with Crippen LogP contribution in [-0.4, -0.2) is 12.1 Å². The van der Waals surface area contributed by atoms with Crippen molar-refractivity contribution in [1.82, 2.24) is 0 Å². The average molecular weight is 338 g/mol. The molecule has 0 spiro atoms. The number of hydrogen-bond donors (Lipinski definition) is 0. The van der Waals surface area contributed by atoms with Gasteiger partial charge in [0.25, 0.3) is 0 Å². The first kappa shape index (κ1) is 19.4. The van der Waals surface area contributed by atoms with E-state index >= 15 is 0 Å². The van der Waals surface area contributed by atoms with Crippen LogP contribution in [0.1, 0.15) is 81.9 Å². The Hall–Kier alpha value is -1.96. The molecule has 134 valence electrons. The maximum absolute atomic E-state index is 12.7. The number of benzene rings is 2. The summed E-state index contributed by atoms with van der Waals surface area (Å²) in [5, 5.41) is 2.11. The van der Waals surface area contributed by atoms with Gasteiger partial charge in [0.2, 0.25) is 0 Å². The molecule has 2 nitrogen and oxygen atoms in total. The van der Waals surface area contributed by atoms with Crippen LogP contribution in [0.15, 0.2) is 24.3 Å². The molecular weight excluding hydrogens is 308 g/mol. The first-order valence-electron chi connectivity index (χ1n) is 9.07. The lowest BCUT2D eigenvalue weighted by molar-refractivity contribution is -0.107. The molecule has 0 radical (unpaired) electrons. The highest BCUT2D eigenvalue weighted by molar-refractivity contribution is 6.12. The number of rotatable bonds is 4. The summed E-state index contributed by atoms with van der Waals surface area (Å²) in [5.41, 5.74) is 4.24. The van der Waals surface area contributed by atoms with Crippen LogP contribution >= 0.6 is 0 Å². The van der Waals surface area contributed by atoms with Gasteiger partial charge in [0.05, 0.1) is 6.42 Å². The van der Waals surface area contributed by atoms with Crippen LogP contribution in [0.25, 0.3) is 10.8 Å². The molecule has 0 saturated heterocycles. The molecule has 0 aromatic heterocycles. The summed E-state index contributed by atoms with van der Waals surface area (Å²) in [6.07, 6.45) is 1.55. The molecule has 2 heteroatoms. The number of carbonyl (C=O) groups excluding carboxylic acids is 2. The van der Waals surface area contributed by atoms with E-state index in [2.05, 4.69) is 66.7 Å². The molecular formula is C23H30O2. The summed E-state index contributed by atoms with van der Waals surface area (Å²) in [6.45, 7) is 15.2. The van der Waals surface area contributed by atoms with Gasteiger partial charge in [-0.3, -0.25) is 4.79 Å². The normalized spacial score (nSPS) is 12.4. The van der Waals surface area contributed by atoms with Crippen LogP contribution in [0.5, 0.6) is 0 Å². The topological polar surface area (TPSA) is 34.1 Å². The van der Waals surface area contributed by atoms with E-state index in [1.807, 2.05) is 6.07 Å². The Morgan fingerprint density at radius 2 is 1.40 bits per heavy atom. The zero-order valence-electron chi connectivity index (χ0n) is 16.6. The highest BCUT2D eigenvalue weighted by Gasteiger charge is 2.22. The van der Waals surface area contributed by atoms with E-state index in [1.165, 1.54) is 11.1 Å². The number of fused-ring (bicyclic) bond motifs is 1. The monoisotopic (exact) mass is 338 g/mol. The largest absolute Gasteiger partial charge is 0.303 e. The smallest absolute Gasteiger partial charge is 0.170 e. The zero-order valence-corrected chi connectivity index (χ0v) is 16.6. The maximum Gasteiger partial charge on any atom is 0.170 e. The lowest BCUT2D eigenvalue weighted by Crippen LogP contribution is -2.15. The Balaban J connectivity index is 2.93. The molecule has 0 unspecified atom stereocenters. The van der Waals surface area contributed by atoms with Crippen molar-refractivity contribution in [2.75, 3.05) is 0 Å². The van der Waals surface area contributed by atoms with Crippen LogP contribution in [0.4, 0.5) is 0 Å². The summed E-state index contributed by atoms with van der Waals surface area (Å²) in [6, 6.07) is 8.61. The standard InChI is InChI=1S/C23H30O2/c1-8-15-11-16(22(2,3)4)13-19-18(15)12-17(23(5,6)7)14-20(19)21(25)9-10-24/h10-14H,8-9H2,1-7H3. The number of aldehydes is 1. The van der Waals surface area contributed by atoms with E-state index in [4.69, 9.17) is 0 Å². The molecule has 0 amide bonds. The molecule has 2 aromatic carbocycles. The fourth-order valence-electron chi connectivity index (χ4n) is 3.11. The van der Waals surface area contributed by atoms with E-state index < -0.39 is 0 Å². The minimum absolute atomic E-state index is 0.00574. The molecule has 0 bridgehead atoms. The molecule has 0 aliphatic rings. The number of aryl methyl sites for hydroxylation is 1. The number of carbonyl (C=O) groups is 2. The number of hydrogen-bond acceptors (Lipinski definition) is 2. The number of Topliss-reactive ketones (excluding diaryl/α,β-unsaturated/α-hetero) is 1. The van der Waals surface area contributed by atoms with Gasteiger partial charge in [0, 0.05) is 5.56 Å². The summed E-state index contributed by atoms with van der Waals surface area (Å²) < 4.78 is 0. The summed E-state index contributed by atoms with van der Waals surface area (Å²) >= 11 is 0. The van der Waals surface area contributed by atoms with Gasteiger partial charge in [-0.2, -0.15) is 0 Å². The van der Waals surface area contributed by atoms with Crippen molar-refractivity contribution in [3.05, 3.63) is 46.5 Å². The van der Waals surface area contributed by atoms with Crippen LogP contribution in [0.2, 0.25) is 0 Å². The number of ketones is 1. The third kappa shape index (κ3) is 4.00. The minimum atomic E-state index is -0.0980. The SMILES string of the molecule is CCc1cc(C(C)(C)C)cc2c(C(=O)CC=O)cc(C(C)(C)C)cc12. The highest BCUT2D eigenvalue weighted by atomic mass is 16.1. The van der Waals surface area contributed by atoms with E-state index in [9.17, 15) is 9.59 Å². The van der Waals surface area contributed by atoms with Crippen molar-refractivity contribution in [2.45, 2.75) is 72.1 Å². The summed E-state index contributed by atoms with van der Waals surface area (Å²) in [7, 11) is 0. The molecule has 0 saturated carbocycles. The van der Waals surface area contributed by atoms with Gasteiger partial charge in [-0.25, -0.2) is 0 Å². The molecule has 2 rings (SSSR count). The Labute approximate surface area is 151 Å². The van der Waals surface area contributed by atoms with Crippen molar-refractivity contribution in [2.24, 2.45) is 0 Å². The average Bonchev–Trinajstić information content (AvgIpc) is 2.51. The predicted octanol–water partition coefficient (Wildman–Crippen LogP) is 5.77. The lowest BCUT2D eigenvalue weighted by atomic mass is 9.79. The van der Waals surface area contributed by atoms with Gasteiger partial charge in [0.1, 0.15) is 6.29 Å². The van der Waals surface area contributed by atoms with Crippen molar-refractivity contribution in [3.8, 4) is 0 Å². The summed E-state index contributed by atoms with van der Waals surface area (Å²) in [4.78, 5) is 23.6. The first-order chi connectivity index (χ1) is 11.5. The third-order valence-electron chi connectivity index (χ3n) is 4.84. The molecule has 25 heavy (non-hydrogen) atoms. The van der Waals surface area contributed by atoms with Crippen molar-refractivity contribution >= 4 is 22.8 Å². The molecule has 0 N–H and O–H groups in total. The Morgan fingerprint density at radius 3 is 1.88 bits per heavy atom. The third-order valence-corrected chi connectivity index (χ3v) is 4.84. The molecule has 0 aliphatic heterocycles. The van der Waals surface area contributed by atoms with Gasteiger partial charge in [-0.05, 0) is 56.8 Å². The van der Waals surface area contributed by atoms with Crippen molar-refractivity contribution in [1.29, 1.82) is 0 Å². The Kier molecular flexibility index (Phi) is 5.22. The molecule has 0 atom stereocenters. The lowest BCUT2D eigenvalue weighted by Gasteiger charge is -2.25. The van der Waals surface area contributed by atoms with Gasteiger partial charge in [0.15, 0.2) is 5.78 Å². The molecule has 0 fully saturated rings. The van der Waals surface area contributed by atoms with E-state index in [0.717, 1.165) is 22.8 Å². The van der Waals surface area contributed by atoms with Gasteiger partial charge in [-0.1, -0.05) is 60.6 Å². The quantitative estimate of drug-likeness (QED) is 0.403. The molecule has 0 heterocycles. The van der Waals surface area contributed by atoms with E-state index in [-0.39, 0.29) is 23.0 Å². The van der Waals surface area contributed by atoms with E-state index in [1.54, 1.807) is 0 Å². The molecule has 2 aromatic rings. The summed E-state index contributed by atoms with van der Waals surface area (Å²) in [5.74, 6) is -0.0980. The second-order valence-corrected chi connectivity index (χ2v) is 8.90. The van der Waals surface area contributed by atoms with Crippen LogP contribution < -0.4 is 0 Å². The van der Waals surface area contributed by atoms with Gasteiger partial charge in [-0.15, -0.1) is 0 Å². The van der Waals surface area contributed by atoms with Crippen LogP contribution in [-0.2, 0) is 22.0 Å². The Morgan fingerprint density at radius 1 is 0.880 bits per heavy atom. The second-order valence-electron chi connectivity index (χ2n) is 8.90. The fourth-order valence-corrected chi connectivity index (χ4v) is 3.11. The zero-order chi connectivity index (χ0) is 19.0. The molecule has 0 aliphatic carbocycles. The van der Waals surface area contributed by atoms with Crippen LogP contribution in [0.3, 0.4) is 0 Å². The highest BCUT2D eigenvalue weighted by Crippen LogP contribution is 2.35. The van der Waals surface area contributed by atoms with Gasteiger partial charge < -0.3 is 4.79 Å². The van der Waals surface area contributed by atoms with Crippen molar-refractivity contribution in [3.63, 3.8) is 0 Å². The van der Waals surface area contributed by atoms with E-state index in [0.29, 0.717) is 11.8 Å². The Bertz CT molecular complexity index is 815. The van der Waals surface area contributed by atoms with Crippen LogP contribution in [0, 0.1) is 0 Å².